The molecule has 0 spiro atoms. The normalized spacial score (nSPS) is 10.4. The van der Waals surface area contributed by atoms with Crippen LogP contribution in [0.2, 0.25) is 0 Å². The van der Waals surface area contributed by atoms with Gasteiger partial charge in [0.1, 0.15) is 0 Å². The molecule has 5 nitrogen and oxygen atoms in total. The van der Waals surface area contributed by atoms with Gasteiger partial charge in [0.25, 0.3) is 0 Å². The van der Waals surface area contributed by atoms with Gasteiger partial charge in [0.15, 0.2) is 5.16 Å². The average molecular weight is 263 g/mol. The third-order valence-electron chi connectivity index (χ3n) is 2.33. The van der Waals surface area contributed by atoms with Crippen LogP contribution in [0.4, 0.5) is 0 Å². The maximum atomic E-state index is 10.5. The summed E-state index contributed by atoms with van der Waals surface area (Å²) >= 11 is 1.46. The smallest absolute Gasteiger partial charge is 0.304 e. The number of carboxylic acid groups (broad SMARTS) is 1. The van der Waals surface area contributed by atoms with E-state index in [1.807, 2.05) is 22.9 Å². The lowest BCUT2D eigenvalue weighted by atomic mass is 10.3. The van der Waals surface area contributed by atoms with Crippen molar-refractivity contribution in [2.75, 3.05) is 5.75 Å². The lowest BCUT2D eigenvalue weighted by Crippen LogP contribution is -2.02. The predicted molar refractivity (Wildman–Crippen MR) is 68.5 cm³/mol. The van der Waals surface area contributed by atoms with Gasteiger partial charge in [-0.3, -0.25) is 9.78 Å². The summed E-state index contributed by atoms with van der Waals surface area (Å²) < 4.78 is 2.00. The number of rotatable bonds is 6. The number of imidazole rings is 1. The Kier molecular flexibility index (Phi) is 4.35. The number of aromatic nitrogens is 3. The molecule has 2 aromatic heterocycles. The lowest BCUT2D eigenvalue weighted by molar-refractivity contribution is -0.136. The first-order valence-corrected chi connectivity index (χ1v) is 6.49. The highest BCUT2D eigenvalue weighted by Gasteiger charge is 2.05. The van der Waals surface area contributed by atoms with Crippen LogP contribution >= 0.6 is 11.8 Å². The number of hydrogen-bond acceptors (Lipinski definition) is 4. The van der Waals surface area contributed by atoms with E-state index in [1.54, 1.807) is 18.6 Å². The first-order chi connectivity index (χ1) is 8.75. The number of aliphatic carboxylic acids is 1. The lowest BCUT2D eigenvalue weighted by Gasteiger charge is -2.06. The van der Waals surface area contributed by atoms with Gasteiger partial charge >= 0.3 is 5.97 Å². The molecule has 0 atom stereocenters. The Morgan fingerprint density at radius 2 is 2.11 bits per heavy atom. The number of nitrogens with zero attached hydrogens (tertiary/aromatic N) is 3. The van der Waals surface area contributed by atoms with E-state index >= 15 is 0 Å². The molecular weight excluding hydrogens is 250 g/mol. The topological polar surface area (TPSA) is 68.0 Å². The van der Waals surface area contributed by atoms with Crippen molar-refractivity contribution >= 4 is 17.7 Å². The zero-order valence-corrected chi connectivity index (χ0v) is 10.5. The van der Waals surface area contributed by atoms with Gasteiger partial charge in [0.2, 0.25) is 0 Å². The molecule has 0 fully saturated rings. The van der Waals surface area contributed by atoms with Crippen LogP contribution in [0, 0.1) is 0 Å². The summed E-state index contributed by atoms with van der Waals surface area (Å²) in [7, 11) is 0. The summed E-state index contributed by atoms with van der Waals surface area (Å²) in [6, 6.07) is 3.90. The molecule has 2 heterocycles. The van der Waals surface area contributed by atoms with Crippen LogP contribution in [0.25, 0.3) is 0 Å². The second kappa shape index (κ2) is 6.20. The number of carboxylic acids is 1. The molecule has 0 aromatic carbocycles. The molecule has 2 aromatic rings. The molecule has 0 amide bonds. The number of pyridine rings is 1. The third-order valence-corrected chi connectivity index (χ3v) is 3.33. The molecule has 0 saturated carbocycles. The van der Waals surface area contributed by atoms with Gasteiger partial charge in [-0.15, -0.1) is 0 Å². The molecule has 6 heteroatoms. The Morgan fingerprint density at radius 1 is 1.33 bits per heavy atom. The quantitative estimate of drug-likeness (QED) is 0.806. The summed E-state index contributed by atoms with van der Waals surface area (Å²) in [6.45, 7) is 0.720. The molecule has 0 aliphatic heterocycles. The van der Waals surface area contributed by atoms with Crippen LogP contribution in [0.15, 0.2) is 42.1 Å². The molecule has 1 N–H and O–H groups in total. The van der Waals surface area contributed by atoms with Crippen molar-refractivity contribution in [2.45, 2.75) is 18.1 Å². The maximum absolute atomic E-state index is 10.5. The van der Waals surface area contributed by atoms with Crippen LogP contribution in [0.1, 0.15) is 12.0 Å². The maximum Gasteiger partial charge on any atom is 0.304 e. The van der Waals surface area contributed by atoms with Gasteiger partial charge in [0.05, 0.1) is 6.42 Å². The summed E-state index contributed by atoms with van der Waals surface area (Å²) in [5, 5.41) is 9.44. The van der Waals surface area contributed by atoms with Crippen molar-refractivity contribution in [1.29, 1.82) is 0 Å². The number of carbonyl (C=O) groups is 1. The van der Waals surface area contributed by atoms with E-state index in [0.717, 1.165) is 17.3 Å². The van der Waals surface area contributed by atoms with E-state index < -0.39 is 5.97 Å². The van der Waals surface area contributed by atoms with Gasteiger partial charge in [-0.2, -0.15) is 0 Å². The minimum absolute atomic E-state index is 0.146. The van der Waals surface area contributed by atoms with Crippen molar-refractivity contribution in [3.8, 4) is 0 Å². The fourth-order valence-corrected chi connectivity index (χ4v) is 2.36. The highest BCUT2D eigenvalue weighted by Crippen LogP contribution is 2.17. The summed E-state index contributed by atoms with van der Waals surface area (Å²) in [5.41, 5.74) is 1.14. The van der Waals surface area contributed by atoms with Crippen molar-refractivity contribution in [1.82, 2.24) is 14.5 Å². The van der Waals surface area contributed by atoms with E-state index in [9.17, 15) is 4.79 Å². The third kappa shape index (κ3) is 3.59. The Bertz CT molecular complexity index is 513. The van der Waals surface area contributed by atoms with Crippen LogP contribution in [-0.2, 0) is 11.3 Å². The van der Waals surface area contributed by atoms with Crippen molar-refractivity contribution < 1.29 is 9.90 Å². The second-order valence-electron chi connectivity index (χ2n) is 3.69. The molecule has 0 saturated heterocycles. The minimum atomic E-state index is -0.783. The first kappa shape index (κ1) is 12.6. The van der Waals surface area contributed by atoms with E-state index in [2.05, 4.69) is 9.97 Å². The van der Waals surface area contributed by atoms with Gasteiger partial charge in [-0.1, -0.05) is 11.8 Å². The standard InChI is InChI=1S/C12H13N3O2S/c16-11(17)3-8-18-12-14-6-7-15(12)9-10-1-4-13-5-2-10/h1-2,4-7H,3,8-9H2,(H,16,17). The van der Waals surface area contributed by atoms with E-state index in [0.29, 0.717) is 5.75 Å². The fourth-order valence-electron chi connectivity index (χ4n) is 1.47. The molecule has 0 radical (unpaired) electrons. The minimum Gasteiger partial charge on any atom is -0.481 e. The van der Waals surface area contributed by atoms with Crippen molar-refractivity contribution in [3.05, 3.63) is 42.5 Å². The summed E-state index contributed by atoms with van der Waals surface area (Å²) in [4.78, 5) is 18.7. The Hall–Kier alpha value is -1.82. The molecule has 0 aliphatic rings. The molecular formula is C12H13N3O2S. The number of hydrogen-bond donors (Lipinski definition) is 1. The molecule has 0 unspecified atom stereocenters. The Balaban J connectivity index is 1.97. The first-order valence-electron chi connectivity index (χ1n) is 5.50. The second-order valence-corrected chi connectivity index (χ2v) is 4.75. The van der Waals surface area contributed by atoms with Crippen molar-refractivity contribution in [3.63, 3.8) is 0 Å². The zero-order chi connectivity index (χ0) is 12.8. The molecule has 18 heavy (non-hydrogen) atoms. The van der Waals surface area contributed by atoms with Crippen LogP contribution < -0.4 is 0 Å². The van der Waals surface area contributed by atoms with E-state index in [1.165, 1.54) is 11.8 Å². The average Bonchev–Trinajstić information content (AvgIpc) is 2.78. The Labute approximate surface area is 109 Å². The van der Waals surface area contributed by atoms with Crippen LogP contribution in [0.5, 0.6) is 0 Å². The van der Waals surface area contributed by atoms with E-state index in [-0.39, 0.29) is 6.42 Å². The van der Waals surface area contributed by atoms with Gasteiger partial charge in [0, 0.05) is 37.1 Å². The van der Waals surface area contributed by atoms with E-state index in [4.69, 9.17) is 5.11 Å². The fraction of sp³-hybridized carbons (Fsp3) is 0.250. The molecule has 94 valence electrons. The van der Waals surface area contributed by atoms with Crippen LogP contribution in [-0.4, -0.2) is 31.4 Å². The van der Waals surface area contributed by atoms with Gasteiger partial charge < -0.3 is 9.67 Å². The predicted octanol–water partition coefficient (Wildman–Crippen LogP) is 1.89. The zero-order valence-electron chi connectivity index (χ0n) is 9.69. The summed E-state index contributed by atoms with van der Waals surface area (Å²) in [6.07, 6.45) is 7.27. The Morgan fingerprint density at radius 3 is 2.83 bits per heavy atom. The van der Waals surface area contributed by atoms with Gasteiger partial charge in [-0.25, -0.2) is 4.98 Å². The largest absolute Gasteiger partial charge is 0.481 e. The highest BCUT2D eigenvalue weighted by molar-refractivity contribution is 7.99. The molecule has 0 aliphatic carbocycles. The number of thioether (sulfide) groups is 1. The SMILES string of the molecule is O=C(O)CCSc1nccn1Cc1ccncc1. The van der Waals surface area contributed by atoms with Gasteiger partial charge in [-0.05, 0) is 17.7 Å². The molecule has 0 bridgehead atoms. The van der Waals surface area contributed by atoms with Crippen LogP contribution in [0.3, 0.4) is 0 Å². The monoisotopic (exact) mass is 263 g/mol. The molecule has 2 rings (SSSR count). The summed E-state index contributed by atoms with van der Waals surface area (Å²) in [5.74, 6) is -0.252. The highest BCUT2D eigenvalue weighted by atomic mass is 32.2. The van der Waals surface area contributed by atoms with Crippen molar-refractivity contribution in [2.24, 2.45) is 0 Å².